The molecule has 1 aliphatic rings. The standard InChI is InChI=1S/C17H20N4O3S/c18-16(23)24-10-7-13-3-5-14(6-4-13)21(12-22)15-2-1-9-20(15)17-19-8-11-25-17/h3-6,8,11-12,15H,1-2,7,9-10H2,(H2,18,23)/t15-/m1/s1. The van der Waals surface area contributed by atoms with Gasteiger partial charge in [0.2, 0.25) is 6.41 Å². The summed E-state index contributed by atoms with van der Waals surface area (Å²) in [5, 5.41) is 2.88. The Balaban J connectivity index is 1.70. The van der Waals surface area contributed by atoms with Gasteiger partial charge in [0, 0.05) is 30.2 Å². The third kappa shape index (κ3) is 4.08. The highest BCUT2D eigenvalue weighted by Crippen LogP contribution is 2.31. The molecule has 0 radical (unpaired) electrons. The monoisotopic (exact) mass is 360 g/mol. The van der Waals surface area contributed by atoms with Crippen molar-refractivity contribution in [2.75, 3.05) is 23.0 Å². The molecule has 1 aromatic heterocycles. The van der Waals surface area contributed by atoms with Gasteiger partial charge in [0.05, 0.1) is 6.61 Å². The Kier molecular flexibility index (Phi) is 5.49. The lowest BCUT2D eigenvalue weighted by Crippen LogP contribution is -2.44. The molecule has 3 rings (SSSR count). The van der Waals surface area contributed by atoms with Gasteiger partial charge in [-0.15, -0.1) is 11.3 Å². The number of anilines is 2. The van der Waals surface area contributed by atoms with E-state index in [2.05, 4.69) is 9.88 Å². The van der Waals surface area contributed by atoms with Gasteiger partial charge in [0.1, 0.15) is 6.17 Å². The third-order valence-electron chi connectivity index (χ3n) is 4.19. The van der Waals surface area contributed by atoms with Crippen LogP contribution in [0.2, 0.25) is 0 Å². The van der Waals surface area contributed by atoms with Crippen LogP contribution in [-0.2, 0) is 16.0 Å². The maximum absolute atomic E-state index is 11.8. The summed E-state index contributed by atoms with van der Waals surface area (Å²) in [6.07, 6.45) is 4.38. The Morgan fingerprint density at radius 2 is 2.24 bits per heavy atom. The van der Waals surface area contributed by atoms with Crippen molar-refractivity contribution >= 4 is 34.7 Å². The van der Waals surface area contributed by atoms with Crippen LogP contribution in [0.25, 0.3) is 0 Å². The van der Waals surface area contributed by atoms with Crippen molar-refractivity contribution in [2.24, 2.45) is 5.73 Å². The molecule has 0 saturated carbocycles. The van der Waals surface area contributed by atoms with Crippen molar-refractivity contribution in [2.45, 2.75) is 25.4 Å². The van der Waals surface area contributed by atoms with Gasteiger partial charge in [0.25, 0.3) is 0 Å². The Bertz CT molecular complexity index is 705. The average Bonchev–Trinajstić information content (AvgIpc) is 3.27. The summed E-state index contributed by atoms with van der Waals surface area (Å²) >= 11 is 1.58. The minimum atomic E-state index is -0.771. The maximum atomic E-state index is 11.8. The fourth-order valence-electron chi connectivity index (χ4n) is 3.03. The lowest BCUT2D eigenvalue weighted by molar-refractivity contribution is -0.107. The first kappa shape index (κ1) is 17.2. The number of carbonyl (C=O) groups is 2. The van der Waals surface area contributed by atoms with E-state index in [4.69, 9.17) is 10.5 Å². The van der Waals surface area contributed by atoms with Crippen molar-refractivity contribution in [1.29, 1.82) is 0 Å². The van der Waals surface area contributed by atoms with Crippen molar-refractivity contribution in [1.82, 2.24) is 4.98 Å². The molecule has 1 saturated heterocycles. The van der Waals surface area contributed by atoms with Gasteiger partial charge in [0.15, 0.2) is 5.13 Å². The summed E-state index contributed by atoms with van der Waals surface area (Å²) in [7, 11) is 0. The van der Waals surface area contributed by atoms with Crippen molar-refractivity contribution in [3.8, 4) is 0 Å². The molecule has 2 aromatic rings. The molecule has 2 heterocycles. The van der Waals surface area contributed by atoms with Crippen LogP contribution in [0.4, 0.5) is 15.6 Å². The number of nitrogens with two attached hydrogens (primary N) is 1. The Morgan fingerprint density at radius 3 is 2.88 bits per heavy atom. The molecule has 1 aromatic carbocycles. The zero-order valence-electron chi connectivity index (χ0n) is 13.7. The first-order valence-corrected chi connectivity index (χ1v) is 8.98. The summed E-state index contributed by atoms with van der Waals surface area (Å²) in [6, 6.07) is 7.68. The number of nitrogens with zero attached hydrogens (tertiary/aromatic N) is 3. The normalized spacial score (nSPS) is 16.6. The second kappa shape index (κ2) is 7.98. The van der Waals surface area contributed by atoms with E-state index >= 15 is 0 Å². The highest BCUT2D eigenvalue weighted by atomic mass is 32.1. The number of ether oxygens (including phenoxy) is 1. The number of benzene rings is 1. The highest BCUT2D eigenvalue weighted by molar-refractivity contribution is 7.13. The summed E-state index contributed by atoms with van der Waals surface area (Å²) in [4.78, 5) is 30.6. The summed E-state index contributed by atoms with van der Waals surface area (Å²) in [5.41, 5.74) is 6.80. The number of aromatic nitrogens is 1. The Hall–Kier alpha value is -2.61. The molecule has 1 fully saturated rings. The minimum Gasteiger partial charge on any atom is -0.449 e. The van der Waals surface area contributed by atoms with Gasteiger partial charge in [-0.3, -0.25) is 9.69 Å². The molecule has 1 aliphatic heterocycles. The molecular weight excluding hydrogens is 340 g/mol. The van der Waals surface area contributed by atoms with Crippen LogP contribution >= 0.6 is 11.3 Å². The molecule has 8 heteroatoms. The SMILES string of the molecule is NC(=O)OCCc1ccc(N(C=O)[C@@H]2CCCN2c2nccs2)cc1. The lowest BCUT2D eigenvalue weighted by Gasteiger charge is -2.32. The van der Waals surface area contributed by atoms with Crippen LogP contribution in [0.1, 0.15) is 18.4 Å². The second-order valence-corrected chi connectivity index (χ2v) is 6.60. The molecule has 7 nitrogen and oxygen atoms in total. The molecule has 0 spiro atoms. The van der Waals surface area contributed by atoms with E-state index in [0.717, 1.165) is 42.2 Å². The molecule has 132 valence electrons. The predicted octanol–water partition coefficient (Wildman–Crippen LogP) is 2.37. The van der Waals surface area contributed by atoms with Gasteiger partial charge in [-0.2, -0.15) is 0 Å². The van der Waals surface area contributed by atoms with E-state index < -0.39 is 6.09 Å². The van der Waals surface area contributed by atoms with Crippen LogP contribution in [0.3, 0.4) is 0 Å². The van der Waals surface area contributed by atoms with Gasteiger partial charge in [-0.05, 0) is 30.5 Å². The Labute approximate surface area is 150 Å². The van der Waals surface area contributed by atoms with Gasteiger partial charge in [-0.25, -0.2) is 9.78 Å². The fraction of sp³-hybridized carbons (Fsp3) is 0.353. The molecule has 1 atom stereocenters. The van der Waals surface area contributed by atoms with E-state index in [-0.39, 0.29) is 12.8 Å². The van der Waals surface area contributed by atoms with E-state index in [1.807, 2.05) is 29.6 Å². The number of carbonyl (C=O) groups excluding carboxylic acids is 2. The predicted molar refractivity (Wildman–Crippen MR) is 96.7 cm³/mol. The number of hydrogen-bond acceptors (Lipinski definition) is 6. The van der Waals surface area contributed by atoms with E-state index in [9.17, 15) is 9.59 Å². The zero-order chi connectivity index (χ0) is 17.6. The molecule has 0 bridgehead atoms. The fourth-order valence-corrected chi connectivity index (χ4v) is 3.74. The van der Waals surface area contributed by atoms with Crippen LogP contribution in [0, 0.1) is 0 Å². The molecule has 2 N–H and O–H groups in total. The van der Waals surface area contributed by atoms with Crippen LogP contribution in [0.5, 0.6) is 0 Å². The van der Waals surface area contributed by atoms with E-state index in [1.54, 1.807) is 22.4 Å². The quantitative estimate of drug-likeness (QED) is 0.766. The summed E-state index contributed by atoms with van der Waals surface area (Å²) in [6.45, 7) is 1.14. The van der Waals surface area contributed by atoms with E-state index in [1.165, 1.54) is 0 Å². The summed E-state index contributed by atoms with van der Waals surface area (Å²) < 4.78 is 4.74. The number of hydrogen-bond donors (Lipinski definition) is 1. The molecule has 25 heavy (non-hydrogen) atoms. The van der Waals surface area contributed by atoms with Crippen molar-refractivity contribution < 1.29 is 14.3 Å². The highest BCUT2D eigenvalue weighted by Gasteiger charge is 2.31. The second-order valence-electron chi connectivity index (χ2n) is 5.73. The maximum Gasteiger partial charge on any atom is 0.404 e. The van der Waals surface area contributed by atoms with Crippen LogP contribution < -0.4 is 15.5 Å². The summed E-state index contributed by atoms with van der Waals surface area (Å²) in [5.74, 6) is 0. The average molecular weight is 360 g/mol. The number of amides is 2. The Morgan fingerprint density at radius 1 is 1.44 bits per heavy atom. The number of rotatable bonds is 7. The minimum absolute atomic E-state index is 0.0207. The number of thiazole rings is 1. The third-order valence-corrected chi connectivity index (χ3v) is 5.00. The van der Waals surface area contributed by atoms with Crippen LogP contribution in [0.15, 0.2) is 35.8 Å². The van der Waals surface area contributed by atoms with Gasteiger partial charge in [-0.1, -0.05) is 12.1 Å². The number of primary amides is 1. The van der Waals surface area contributed by atoms with Crippen LogP contribution in [-0.4, -0.2) is 36.8 Å². The van der Waals surface area contributed by atoms with Crippen molar-refractivity contribution in [3.05, 3.63) is 41.4 Å². The molecule has 2 amide bonds. The lowest BCUT2D eigenvalue weighted by atomic mass is 10.1. The first-order chi connectivity index (χ1) is 12.2. The van der Waals surface area contributed by atoms with Gasteiger partial charge >= 0.3 is 6.09 Å². The van der Waals surface area contributed by atoms with Gasteiger partial charge < -0.3 is 15.4 Å². The molecular formula is C17H20N4O3S. The topological polar surface area (TPSA) is 88.8 Å². The smallest absolute Gasteiger partial charge is 0.404 e. The molecule has 0 unspecified atom stereocenters. The largest absolute Gasteiger partial charge is 0.449 e. The van der Waals surface area contributed by atoms with Crippen molar-refractivity contribution in [3.63, 3.8) is 0 Å². The zero-order valence-corrected chi connectivity index (χ0v) is 14.5. The molecule has 0 aliphatic carbocycles. The first-order valence-electron chi connectivity index (χ1n) is 8.10. The van der Waals surface area contributed by atoms with E-state index in [0.29, 0.717) is 6.42 Å².